The van der Waals surface area contributed by atoms with Crippen LogP contribution in [0.3, 0.4) is 0 Å². The van der Waals surface area contributed by atoms with Gasteiger partial charge < -0.3 is 9.47 Å². The van der Waals surface area contributed by atoms with Crippen LogP contribution in [0.1, 0.15) is 15.2 Å². The molecule has 0 radical (unpaired) electrons. The van der Waals surface area contributed by atoms with Crippen molar-refractivity contribution in [3.05, 3.63) is 70.6 Å². The summed E-state index contributed by atoms with van der Waals surface area (Å²) in [5, 5.41) is 5.22. The number of carbonyl (C=O) groups excluding carboxylic acids is 1. The van der Waals surface area contributed by atoms with E-state index in [-0.39, 0.29) is 5.91 Å². The first-order chi connectivity index (χ1) is 13.1. The molecule has 27 heavy (non-hydrogen) atoms. The number of hydrogen-bond acceptors (Lipinski definition) is 5. The number of thiophene rings is 1. The smallest absolute Gasteiger partial charge is 0.283 e. The van der Waals surface area contributed by atoms with Gasteiger partial charge in [0.15, 0.2) is 0 Å². The maximum atomic E-state index is 12.4. The summed E-state index contributed by atoms with van der Waals surface area (Å²) in [6.45, 7) is 4.05. The third kappa shape index (κ3) is 4.48. The fourth-order valence-electron chi connectivity index (χ4n) is 2.34. The highest BCUT2D eigenvalue weighted by atomic mass is 35.5. The van der Waals surface area contributed by atoms with E-state index in [2.05, 4.69) is 17.1 Å². The molecule has 1 heterocycles. The van der Waals surface area contributed by atoms with Crippen molar-refractivity contribution in [3.8, 4) is 11.5 Å². The molecule has 0 spiro atoms. The summed E-state index contributed by atoms with van der Waals surface area (Å²) in [5.41, 5.74) is 3.33. The Balaban J connectivity index is 1.68. The van der Waals surface area contributed by atoms with E-state index in [9.17, 15) is 4.79 Å². The average Bonchev–Trinajstić information content (AvgIpc) is 3.03. The van der Waals surface area contributed by atoms with Crippen molar-refractivity contribution < 1.29 is 14.3 Å². The maximum absolute atomic E-state index is 12.4. The number of ether oxygens (including phenoxy) is 2. The summed E-state index contributed by atoms with van der Waals surface area (Å²) in [5.74, 6) is 1.09. The third-order valence-corrected chi connectivity index (χ3v) is 5.33. The van der Waals surface area contributed by atoms with Gasteiger partial charge in [-0.05, 0) is 48.0 Å². The van der Waals surface area contributed by atoms with Gasteiger partial charge in [-0.1, -0.05) is 24.3 Å². The predicted octanol–water partition coefficient (Wildman–Crippen LogP) is 4.89. The summed E-state index contributed by atoms with van der Waals surface area (Å²) in [6.07, 6.45) is 3.24. The lowest BCUT2D eigenvalue weighted by atomic mass is 10.2. The molecule has 0 bridgehead atoms. The molecule has 1 amide bonds. The van der Waals surface area contributed by atoms with Gasteiger partial charge >= 0.3 is 0 Å². The Morgan fingerprint density at radius 3 is 2.70 bits per heavy atom. The van der Waals surface area contributed by atoms with Crippen LogP contribution in [0.15, 0.2) is 60.2 Å². The van der Waals surface area contributed by atoms with Crippen molar-refractivity contribution in [1.29, 1.82) is 0 Å². The second kappa shape index (κ2) is 8.70. The molecule has 3 aromatic rings. The minimum absolute atomic E-state index is 0.359. The van der Waals surface area contributed by atoms with E-state index >= 15 is 0 Å². The Morgan fingerprint density at radius 2 is 2.00 bits per heavy atom. The van der Waals surface area contributed by atoms with Gasteiger partial charge in [-0.3, -0.25) is 4.79 Å². The minimum atomic E-state index is -0.359. The predicted molar refractivity (Wildman–Crippen MR) is 111 cm³/mol. The summed E-state index contributed by atoms with van der Waals surface area (Å²) in [7, 11) is 1.59. The van der Waals surface area contributed by atoms with Gasteiger partial charge in [-0.15, -0.1) is 11.3 Å². The summed E-state index contributed by atoms with van der Waals surface area (Å²) < 4.78 is 11.5. The summed E-state index contributed by atoms with van der Waals surface area (Å²) in [6, 6.07) is 12.8. The zero-order chi connectivity index (χ0) is 19.2. The number of nitrogens with zero attached hydrogens (tertiary/aromatic N) is 1. The van der Waals surface area contributed by atoms with Gasteiger partial charge in [0.2, 0.25) is 0 Å². The Labute approximate surface area is 165 Å². The highest BCUT2D eigenvalue weighted by Crippen LogP contribution is 2.37. The molecule has 138 valence electrons. The van der Waals surface area contributed by atoms with Crippen molar-refractivity contribution in [3.63, 3.8) is 0 Å². The molecule has 1 aromatic heterocycles. The Hall–Kier alpha value is -2.83. The molecule has 0 aliphatic carbocycles. The molecule has 7 heteroatoms. The number of fused-ring (bicyclic) bond motifs is 1. The highest BCUT2D eigenvalue weighted by Gasteiger charge is 2.17. The molecule has 0 atom stereocenters. The number of carbonyl (C=O) groups is 1. The largest absolute Gasteiger partial charge is 0.497 e. The number of halogens is 1. The van der Waals surface area contributed by atoms with Gasteiger partial charge in [-0.2, -0.15) is 5.10 Å². The second-order valence-corrected chi connectivity index (χ2v) is 6.91. The van der Waals surface area contributed by atoms with Crippen LogP contribution >= 0.6 is 22.9 Å². The number of hydrazone groups is 1. The highest BCUT2D eigenvalue weighted by molar-refractivity contribution is 7.21. The quantitative estimate of drug-likeness (QED) is 0.349. The maximum Gasteiger partial charge on any atom is 0.283 e. The second-order valence-electron chi connectivity index (χ2n) is 5.48. The first-order valence-electron chi connectivity index (χ1n) is 8.05. The van der Waals surface area contributed by atoms with Gasteiger partial charge in [0.25, 0.3) is 5.91 Å². The van der Waals surface area contributed by atoms with Gasteiger partial charge in [0.05, 0.1) is 18.3 Å². The number of amides is 1. The van der Waals surface area contributed by atoms with E-state index in [1.54, 1.807) is 19.4 Å². The van der Waals surface area contributed by atoms with E-state index in [0.717, 1.165) is 21.4 Å². The van der Waals surface area contributed by atoms with E-state index in [1.807, 2.05) is 42.5 Å². The lowest BCUT2D eigenvalue weighted by Gasteiger charge is -2.02. The molecule has 0 saturated heterocycles. The molecular weight excluding hydrogens is 384 g/mol. The molecule has 1 N–H and O–H groups in total. The lowest BCUT2D eigenvalue weighted by molar-refractivity contribution is 0.0959. The lowest BCUT2D eigenvalue weighted by Crippen LogP contribution is -2.16. The van der Waals surface area contributed by atoms with Crippen LogP contribution in [0, 0.1) is 0 Å². The average molecular weight is 401 g/mol. The first kappa shape index (κ1) is 18.9. The number of nitrogens with one attached hydrogen (secondary N) is 1. The number of hydrogen-bond donors (Lipinski definition) is 1. The Bertz CT molecular complexity index is 996. The SMILES string of the molecule is C=CCOc1ccc(/C=N/NC(=O)c2sc3cc(OC)ccc3c2Cl)cc1. The fourth-order valence-corrected chi connectivity index (χ4v) is 3.78. The van der Waals surface area contributed by atoms with Crippen LogP contribution in [0.2, 0.25) is 5.02 Å². The van der Waals surface area contributed by atoms with Crippen LogP contribution in [0.4, 0.5) is 0 Å². The van der Waals surface area contributed by atoms with Crippen molar-refractivity contribution in [1.82, 2.24) is 5.43 Å². The molecule has 0 saturated carbocycles. The van der Waals surface area contributed by atoms with Crippen LogP contribution in [-0.4, -0.2) is 25.8 Å². The third-order valence-electron chi connectivity index (χ3n) is 3.67. The van der Waals surface area contributed by atoms with Gasteiger partial charge in [0.1, 0.15) is 23.0 Å². The Morgan fingerprint density at radius 1 is 1.26 bits per heavy atom. The minimum Gasteiger partial charge on any atom is -0.497 e. The van der Waals surface area contributed by atoms with Crippen LogP contribution in [0.5, 0.6) is 11.5 Å². The normalized spacial score (nSPS) is 10.9. The van der Waals surface area contributed by atoms with Crippen LogP contribution < -0.4 is 14.9 Å². The van der Waals surface area contributed by atoms with Gasteiger partial charge in [0, 0.05) is 10.1 Å². The molecular formula is C20H17ClN2O3S. The fraction of sp³-hybridized carbons (Fsp3) is 0.100. The van der Waals surface area contributed by atoms with Crippen molar-refractivity contribution >= 4 is 45.1 Å². The topological polar surface area (TPSA) is 59.9 Å². The Kier molecular flexibility index (Phi) is 6.11. The van der Waals surface area contributed by atoms with E-state index in [1.165, 1.54) is 11.3 Å². The van der Waals surface area contributed by atoms with Crippen LogP contribution in [0.25, 0.3) is 10.1 Å². The van der Waals surface area contributed by atoms with E-state index < -0.39 is 0 Å². The molecule has 0 fully saturated rings. The van der Waals surface area contributed by atoms with E-state index in [0.29, 0.717) is 22.3 Å². The van der Waals surface area contributed by atoms with Crippen LogP contribution in [-0.2, 0) is 0 Å². The zero-order valence-electron chi connectivity index (χ0n) is 14.6. The summed E-state index contributed by atoms with van der Waals surface area (Å²) >= 11 is 7.63. The standard InChI is InChI=1S/C20H17ClN2O3S/c1-3-10-26-14-6-4-13(5-7-14)12-22-23-20(24)19-18(21)16-9-8-15(25-2)11-17(16)27-19/h3-9,11-12H,1,10H2,2H3,(H,23,24)/b22-12+. The molecule has 0 aliphatic heterocycles. The van der Waals surface area contributed by atoms with Crippen molar-refractivity contribution in [2.75, 3.05) is 13.7 Å². The first-order valence-corrected chi connectivity index (χ1v) is 9.25. The zero-order valence-corrected chi connectivity index (χ0v) is 16.1. The molecule has 5 nitrogen and oxygen atoms in total. The summed E-state index contributed by atoms with van der Waals surface area (Å²) in [4.78, 5) is 12.8. The monoisotopic (exact) mass is 400 g/mol. The van der Waals surface area contributed by atoms with Gasteiger partial charge in [-0.25, -0.2) is 5.43 Å². The molecule has 0 aliphatic rings. The number of benzene rings is 2. The van der Waals surface area contributed by atoms with Crippen molar-refractivity contribution in [2.45, 2.75) is 0 Å². The van der Waals surface area contributed by atoms with Crippen molar-refractivity contribution in [2.24, 2.45) is 5.10 Å². The molecule has 3 rings (SSSR count). The number of methoxy groups -OCH3 is 1. The molecule has 0 unspecified atom stereocenters. The number of rotatable bonds is 7. The van der Waals surface area contributed by atoms with E-state index in [4.69, 9.17) is 21.1 Å². The molecule has 2 aromatic carbocycles.